The van der Waals surface area contributed by atoms with Crippen LogP contribution in [0.15, 0.2) is 30.3 Å². The number of hydrogen-bond donors (Lipinski definition) is 2. The second-order valence-electron chi connectivity index (χ2n) is 6.66. The standard InChI is InChI=1S/C18H27N3O2/c1-14(19-3)12-20-17(23)18(2)10-7-11-21(13-18)16(22)15-8-5-4-6-9-15/h4-6,8-9,14,19H,7,10-13H2,1-3H3,(H,20,23). The third-order valence-corrected chi connectivity index (χ3v) is 4.61. The number of likely N-dealkylation sites (N-methyl/N-ethyl adjacent to an activating group) is 1. The van der Waals surface area contributed by atoms with Crippen LogP contribution in [0.4, 0.5) is 0 Å². The summed E-state index contributed by atoms with van der Waals surface area (Å²) < 4.78 is 0. The molecule has 1 heterocycles. The molecule has 0 saturated carbocycles. The van der Waals surface area contributed by atoms with Gasteiger partial charge in [-0.05, 0) is 45.9 Å². The fraction of sp³-hybridized carbons (Fsp3) is 0.556. The van der Waals surface area contributed by atoms with Crippen LogP contribution in [0.25, 0.3) is 0 Å². The molecule has 2 amide bonds. The van der Waals surface area contributed by atoms with Crippen molar-refractivity contribution in [2.24, 2.45) is 5.41 Å². The highest BCUT2D eigenvalue weighted by atomic mass is 16.2. The summed E-state index contributed by atoms with van der Waals surface area (Å²) in [6, 6.07) is 9.50. The Morgan fingerprint density at radius 2 is 2.00 bits per heavy atom. The van der Waals surface area contributed by atoms with Crippen LogP contribution >= 0.6 is 0 Å². The van der Waals surface area contributed by atoms with E-state index in [1.54, 1.807) is 4.90 Å². The van der Waals surface area contributed by atoms with Crippen LogP contribution in [0.2, 0.25) is 0 Å². The Hall–Kier alpha value is -1.88. The van der Waals surface area contributed by atoms with Crippen molar-refractivity contribution in [1.29, 1.82) is 0 Å². The van der Waals surface area contributed by atoms with Gasteiger partial charge in [0.2, 0.25) is 5.91 Å². The number of amides is 2. The van der Waals surface area contributed by atoms with E-state index in [2.05, 4.69) is 10.6 Å². The van der Waals surface area contributed by atoms with Crippen molar-refractivity contribution in [3.8, 4) is 0 Å². The molecular weight excluding hydrogens is 290 g/mol. The van der Waals surface area contributed by atoms with Gasteiger partial charge < -0.3 is 15.5 Å². The zero-order valence-electron chi connectivity index (χ0n) is 14.3. The third-order valence-electron chi connectivity index (χ3n) is 4.61. The number of nitrogens with one attached hydrogen (secondary N) is 2. The average Bonchev–Trinajstić information content (AvgIpc) is 2.59. The lowest BCUT2D eigenvalue weighted by molar-refractivity contribution is -0.132. The quantitative estimate of drug-likeness (QED) is 0.868. The van der Waals surface area contributed by atoms with Gasteiger partial charge in [-0.15, -0.1) is 0 Å². The van der Waals surface area contributed by atoms with Crippen molar-refractivity contribution in [2.45, 2.75) is 32.7 Å². The van der Waals surface area contributed by atoms with Gasteiger partial charge in [-0.1, -0.05) is 18.2 Å². The van der Waals surface area contributed by atoms with Gasteiger partial charge in [0.15, 0.2) is 0 Å². The molecule has 1 saturated heterocycles. The molecule has 1 fully saturated rings. The van der Waals surface area contributed by atoms with Crippen molar-refractivity contribution in [1.82, 2.24) is 15.5 Å². The van der Waals surface area contributed by atoms with Crippen molar-refractivity contribution in [3.63, 3.8) is 0 Å². The molecule has 126 valence electrons. The monoisotopic (exact) mass is 317 g/mol. The molecule has 2 rings (SSSR count). The zero-order chi connectivity index (χ0) is 16.9. The van der Waals surface area contributed by atoms with Crippen molar-refractivity contribution >= 4 is 11.8 Å². The van der Waals surface area contributed by atoms with Gasteiger partial charge in [-0.3, -0.25) is 9.59 Å². The normalized spacial score (nSPS) is 22.5. The predicted molar refractivity (Wildman–Crippen MR) is 91.2 cm³/mol. The molecule has 0 radical (unpaired) electrons. The lowest BCUT2D eigenvalue weighted by atomic mass is 9.80. The number of nitrogens with zero attached hydrogens (tertiary/aromatic N) is 1. The summed E-state index contributed by atoms with van der Waals surface area (Å²) in [4.78, 5) is 27.0. The number of rotatable bonds is 5. The lowest BCUT2D eigenvalue weighted by Gasteiger charge is -2.39. The van der Waals surface area contributed by atoms with Gasteiger partial charge in [-0.25, -0.2) is 0 Å². The fourth-order valence-electron chi connectivity index (χ4n) is 2.92. The van der Waals surface area contributed by atoms with Crippen LogP contribution in [0, 0.1) is 5.41 Å². The molecular formula is C18H27N3O2. The van der Waals surface area contributed by atoms with Gasteiger partial charge >= 0.3 is 0 Å². The Balaban J connectivity index is 2.01. The lowest BCUT2D eigenvalue weighted by Crippen LogP contribution is -2.53. The molecule has 2 N–H and O–H groups in total. The summed E-state index contributed by atoms with van der Waals surface area (Å²) in [6.07, 6.45) is 1.66. The first-order valence-corrected chi connectivity index (χ1v) is 8.26. The maximum atomic E-state index is 12.6. The smallest absolute Gasteiger partial charge is 0.253 e. The topological polar surface area (TPSA) is 61.4 Å². The summed E-state index contributed by atoms with van der Waals surface area (Å²) in [6.45, 7) is 5.76. The molecule has 0 aromatic heterocycles. The summed E-state index contributed by atoms with van der Waals surface area (Å²) in [5, 5.41) is 6.11. The van der Waals surface area contributed by atoms with Gasteiger partial charge in [0.05, 0.1) is 5.41 Å². The Kier molecular flexibility index (Phi) is 5.77. The number of carbonyl (C=O) groups is 2. The zero-order valence-corrected chi connectivity index (χ0v) is 14.3. The highest BCUT2D eigenvalue weighted by molar-refractivity contribution is 5.95. The molecule has 0 bridgehead atoms. The molecule has 0 aliphatic carbocycles. The fourth-order valence-corrected chi connectivity index (χ4v) is 2.92. The van der Waals surface area contributed by atoms with Crippen LogP contribution in [0.5, 0.6) is 0 Å². The summed E-state index contributed by atoms with van der Waals surface area (Å²) in [7, 11) is 1.87. The SMILES string of the molecule is CNC(C)CNC(=O)C1(C)CCCN(C(=O)c2ccccc2)C1. The number of carbonyl (C=O) groups excluding carboxylic acids is 2. The van der Waals surface area contributed by atoms with Gasteiger partial charge in [0.25, 0.3) is 5.91 Å². The molecule has 1 aromatic rings. The molecule has 2 atom stereocenters. The molecule has 23 heavy (non-hydrogen) atoms. The Labute approximate surface area is 138 Å². The largest absolute Gasteiger partial charge is 0.354 e. The average molecular weight is 317 g/mol. The van der Waals surface area contributed by atoms with E-state index in [0.717, 1.165) is 12.8 Å². The van der Waals surface area contributed by atoms with E-state index in [0.29, 0.717) is 25.2 Å². The van der Waals surface area contributed by atoms with Crippen LogP contribution in [-0.2, 0) is 4.79 Å². The van der Waals surface area contributed by atoms with Gasteiger partial charge in [0.1, 0.15) is 0 Å². The summed E-state index contributed by atoms with van der Waals surface area (Å²) >= 11 is 0. The summed E-state index contributed by atoms with van der Waals surface area (Å²) in [5.41, 5.74) is 0.164. The highest BCUT2D eigenvalue weighted by Crippen LogP contribution is 2.30. The van der Waals surface area contributed by atoms with E-state index in [1.807, 2.05) is 51.2 Å². The van der Waals surface area contributed by atoms with Crippen LogP contribution in [-0.4, -0.2) is 49.4 Å². The van der Waals surface area contributed by atoms with Crippen molar-refractivity contribution < 1.29 is 9.59 Å². The number of likely N-dealkylation sites (tertiary alicyclic amines) is 1. The van der Waals surface area contributed by atoms with Crippen molar-refractivity contribution in [3.05, 3.63) is 35.9 Å². The maximum Gasteiger partial charge on any atom is 0.253 e. The maximum absolute atomic E-state index is 12.6. The molecule has 0 spiro atoms. The molecule has 1 aliphatic heterocycles. The van der Waals surface area contributed by atoms with E-state index in [9.17, 15) is 9.59 Å². The van der Waals surface area contributed by atoms with Gasteiger partial charge in [-0.2, -0.15) is 0 Å². The molecule has 5 heteroatoms. The number of piperidine rings is 1. The Morgan fingerprint density at radius 3 is 2.65 bits per heavy atom. The number of benzene rings is 1. The number of hydrogen-bond acceptors (Lipinski definition) is 3. The first-order valence-electron chi connectivity index (χ1n) is 8.26. The minimum absolute atomic E-state index is 0.00733. The van der Waals surface area contributed by atoms with Crippen LogP contribution in [0.3, 0.4) is 0 Å². The second kappa shape index (κ2) is 7.59. The molecule has 2 unspecified atom stereocenters. The second-order valence-corrected chi connectivity index (χ2v) is 6.66. The van der Waals surface area contributed by atoms with E-state index < -0.39 is 5.41 Å². The predicted octanol–water partition coefficient (Wildman–Crippen LogP) is 1.65. The van der Waals surface area contributed by atoms with E-state index >= 15 is 0 Å². The molecule has 1 aromatic carbocycles. The van der Waals surface area contributed by atoms with Crippen LogP contribution in [0.1, 0.15) is 37.0 Å². The molecule has 1 aliphatic rings. The minimum Gasteiger partial charge on any atom is -0.354 e. The van der Waals surface area contributed by atoms with E-state index in [1.165, 1.54) is 0 Å². The summed E-state index contributed by atoms with van der Waals surface area (Å²) in [5.74, 6) is 0.0399. The Morgan fingerprint density at radius 1 is 1.30 bits per heavy atom. The minimum atomic E-state index is -0.518. The molecule has 5 nitrogen and oxygen atoms in total. The van der Waals surface area contributed by atoms with Crippen molar-refractivity contribution in [2.75, 3.05) is 26.7 Å². The Bertz CT molecular complexity index is 546. The third kappa shape index (κ3) is 4.32. The first-order chi connectivity index (χ1) is 11.0. The highest BCUT2D eigenvalue weighted by Gasteiger charge is 2.39. The van der Waals surface area contributed by atoms with Crippen LogP contribution < -0.4 is 10.6 Å². The first kappa shape index (κ1) is 17.5. The van der Waals surface area contributed by atoms with E-state index in [4.69, 9.17) is 0 Å². The van der Waals surface area contributed by atoms with Gasteiger partial charge in [0, 0.05) is 31.2 Å². The van der Waals surface area contributed by atoms with E-state index in [-0.39, 0.29) is 17.9 Å².